The predicted octanol–water partition coefficient (Wildman–Crippen LogP) is 4.88. The Hall–Kier alpha value is -1.26. The molecule has 2 nitrogen and oxygen atoms in total. The van der Waals surface area contributed by atoms with Crippen LogP contribution in [0.25, 0.3) is 0 Å². The summed E-state index contributed by atoms with van der Waals surface area (Å²) in [4.78, 5) is 13.1. The minimum atomic E-state index is 0.0545. The first-order valence-electron chi connectivity index (χ1n) is 6.39. The van der Waals surface area contributed by atoms with Crippen LogP contribution in [0.3, 0.4) is 0 Å². The van der Waals surface area contributed by atoms with E-state index in [1.54, 1.807) is 11.8 Å². The Morgan fingerprint density at radius 3 is 2.60 bits per heavy atom. The maximum atomic E-state index is 11.9. The zero-order valence-corrected chi connectivity index (χ0v) is 13.6. The molecule has 1 amide bonds. The molecule has 0 bridgehead atoms. The Morgan fingerprint density at radius 1 is 1.15 bits per heavy atom. The van der Waals surface area contributed by atoms with Gasteiger partial charge in [0.25, 0.3) is 0 Å². The van der Waals surface area contributed by atoms with Gasteiger partial charge in [0.1, 0.15) is 0 Å². The normalized spacial score (nSPS) is 10.3. The van der Waals surface area contributed by atoms with Crippen LogP contribution in [0.4, 0.5) is 5.69 Å². The van der Waals surface area contributed by atoms with Crippen LogP contribution in [0.5, 0.6) is 0 Å². The number of para-hydroxylation sites is 1. The average molecular weight is 350 g/mol. The largest absolute Gasteiger partial charge is 0.326 e. The summed E-state index contributed by atoms with van der Waals surface area (Å²) in [7, 11) is 0. The first-order valence-corrected chi connectivity index (χ1v) is 8.17. The molecule has 0 saturated carbocycles. The van der Waals surface area contributed by atoms with Gasteiger partial charge < -0.3 is 5.32 Å². The number of carbonyl (C=O) groups excluding carboxylic acids is 1. The Bertz CT molecular complexity index is 601. The van der Waals surface area contributed by atoms with E-state index < -0.39 is 0 Å². The molecule has 0 atom stereocenters. The number of anilines is 1. The lowest BCUT2D eigenvalue weighted by molar-refractivity contribution is -0.115. The molecule has 4 heteroatoms. The van der Waals surface area contributed by atoms with E-state index in [0.717, 1.165) is 26.4 Å². The van der Waals surface area contributed by atoms with Gasteiger partial charge in [0.15, 0.2) is 0 Å². The highest BCUT2D eigenvalue weighted by atomic mass is 79.9. The molecule has 0 saturated heterocycles. The average Bonchev–Trinajstić information content (AvgIpc) is 2.43. The van der Waals surface area contributed by atoms with Crippen LogP contribution in [-0.4, -0.2) is 11.7 Å². The number of thioether (sulfide) groups is 1. The van der Waals surface area contributed by atoms with Gasteiger partial charge in [-0.05, 0) is 46.6 Å². The molecule has 0 aliphatic carbocycles. The Labute approximate surface area is 132 Å². The van der Waals surface area contributed by atoms with Gasteiger partial charge in [0.2, 0.25) is 5.91 Å². The molecule has 0 fully saturated rings. The van der Waals surface area contributed by atoms with Gasteiger partial charge in [-0.3, -0.25) is 4.79 Å². The summed E-state index contributed by atoms with van der Waals surface area (Å²) in [6.07, 6.45) is 0.500. The van der Waals surface area contributed by atoms with E-state index in [2.05, 4.69) is 21.2 Å². The lowest BCUT2D eigenvalue weighted by Crippen LogP contribution is -2.12. The van der Waals surface area contributed by atoms with Crippen molar-refractivity contribution in [1.29, 1.82) is 0 Å². The quantitative estimate of drug-likeness (QED) is 0.779. The summed E-state index contributed by atoms with van der Waals surface area (Å²) in [5.74, 6) is 0.819. The summed E-state index contributed by atoms with van der Waals surface area (Å²) in [6.45, 7) is 1.99. The number of rotatable bonds is 5. The topological polar surface area (TPSA) is 29.1 Å². The van der Waals surface area contributed by atoms with Crippen molar-refractivity contribution in [3.63, 3.8) is 0 Å². The molecule has 0 unspecified atom stereocenters. The van der Waals surface area contributed by atoms with Crippen molar-refractivity contribution in [3.05, 3.63) is 58.6 Å². The molecular formula is C16H16BrNOS. The number of hydrogen-bond acceptors (Lipinski definition) is 2. The molecule has 0 spiro atoms. The van der Waals surface area contributed by atoms with Crippen molar-refractivity contribution >= 4 is 39.3 Å². The van der Waals surface area contributed by atoms with E-state index in [0.29, 0.717) is 6.42 Å². The molecule has 0 aliphatic rings. The maximum absolute atomic E-state index is 11.9. The zero-order valence-electron chi connectivity index (χ0n) is 11.2. The van der Waals surface area contributed by atoms with Gasteiger partial charge in [0, 0.05) is 27.2 Å². The lowest BCUT2D eigenvalue weighted by Gasteiger charge is -2.08. The number of benzene rings is 2. The van der Waals surface area contributed by atoms with Crippen LogP contribution >= 0.6 is 27.7 Å². The van der Waals surface area contributed by atoms with Gasteiger partial charge in [-0.1, -0.05) is 30.3 Å². The fourth-order valence-electron chi connectivity index (χ4n) is 1.74. The molecular weight excluding hydrogens is 334 g/mol. The number of hydrogen-bond donors (Lipinski definition) is 1. The van der Waals surface area contributed by atoms with E-state index >= 15 is 0 Å². The summed E-state index contributed by atoms with van der Waals surface area (Å²) in [5, 5.41) is 2.95. The summed E-state index contributed by atoms with van der Waals surface area (Å²) in [5.41, 5.74) is 1.97. The highest BCUT2D eigenvalue weighted by molar-refractivity contribution is 9.10. The molecule has 20 heavy (non-hydrogen) atoms. The zero-order chi connectivity index (χ0) is 14.4. The van der Waals surface area contributed by atoms with Crippen LogP contribution < -0.4 is 5.32 Å². The van der Waals surface area contributed by atoms with Crippen molar-refractivity contribution in [2.75, 3.05) is 11.1 Å². The van der Waals surface area contributed by atoms with E-state index in [1.807, 2.05) is 55.5 Å². The van der Waals surface area contributed by atoms with Crippen molar-refractivity contribution in [1.82, 2.24) is 0 Å². The van der Waals surface area contributed by atoms with Crippen molar-refractivity contribution in [2.24, 2.45) is 0 Å². The molecule has 0 heterocycles. The van der Waals surface area contributed by atoms with Crippen LogP contribution in [0.15, 0.2) is 57.9 Å². The third kappa shape index (κ3) is 4.39. The summed E-state index contributed by atoms with van der Waals surface area (Å²) >= 11 is 5.19. The third-order valence-corrected chi connectivity index (χ3v) is 4.87. The summed E-state index contributed by atoms with van der Waals surface area (Å²) < 4.78 is 1.07. The second kappa shape index (κ2) is 7.50. The SMILES string of the molecule is Cc1ccccc1NC(=O)CCSc1ccccc1Br. The molecule has 2 aromatic rings. The van der Waals surface area contributed by atoms with Crippen LogP contribution in [-0.2, 0) is 4.79 Å². The van der Waals surface area contributed by atoms with E-state index in [9.17, 15) is 4.79 Å². The minimum Gasteiger partial charge on any atom is -0.326 e. The molecule has 2 aromatic carbocycles. The molecule has 1 N–H and O–H groups in total. The molecule has 104 valence electrons. The van der Waals surface area contributed by atoms with Crippen LogP contribution in [0, 0.1) is 6.92 Å². The third-order valence-electron chi connectivity index (χ3n) is 2.84. The van der Waals surface area contributed by atoms with Gasteiger partial charge in [0.05, 0.1) is 0 Å². The molecule has 0 aliphatic heterocycles. The van der Waals surface area contributed by atoms with Crippen LogP contribution in [0.1, 0.15) is 12.0 Å². The van der Waals surface area contributed by atoms with Crippen molar-refractivity contribution < 1.29 is 4.79 Å². The Balaban J connectivity index is 1.82. The highest BCUT2D eigenvalue weighted by Crippen LogP contribution is 2.27. The second-order valence-electron chi connectivity index (χ2n) is 4.39. The Morgan fingerprint density at radius 2 is 1.85 bits per heavy atom. The van der Waals surface area contributed by atoms with E-state index in [1.165, 1.54) is 0 Å². The highest BCUT2D eigenvalue weighted by Gasteiger charge is 2.05. The number of aryl methyl sites for hydroxylation is 1. The number of halogens is 1. The number of amides is 1. The number of carbonyl (C=O) groups is 1. The molecule has 0 aromatic heterocycles. The second-order valence-corrected chi connectivity index (χ2v) is 6.38. The summed E-state index contributed by atoms with van der Waals surface area (Å²) in [6, 6.07) is 15.9. The Kier molecular flexibility index (Phi) is 5.68. The lowest BCUT2D eigenvalue weighted by atomic mass is 10.2. The maximum Gasteiger partial charge on any atom is 0.225 e. The number of nitrogens with one attached hydrogen (secondary N) is 1. The standard InChI is InChI=1S/C16H16BrNOS/c1-12-6-2-4-8-14(12)18-16(19)10-11-20-15-9-5-3-7-13(15)17/h2-9H,10-11H2,1H3,(H,18,19). The van der Waals surface area contributed by atoms with Crippen molar-refractivity contribution in [3.8, 4) is 0 Å². The smallest absolute Gasteiger partial charge is 0.225 e. The van der Waals surface area contributed by atoms with Gasteiger partial charge in [-0.2, -0.15) is 0 Å². The predicted molar refractivity (Wildman–Crippen MR) is 89.3 cm³/mol. The minimum absolute atomic E-state index is 0.0545. The molecule has 2 rings (SSSR count). The van der Waals surface area contributed by atoms with Crippen molar-refractivity contribution in [2.45, 2.75) is 18.2 Å². The molecule has 0 radical (unpaired) electrons. The van der Waals surface area contributed by atoms with Gasteiger partial charge in [-0.15, -0.1) is 11.8 Å². The first-order chi connectivity index (χ1) is 9.66. The first kappa shape index (κ1) is 15.1. The van der Waals surface area contributed by atoms with E-state index in [4.69, 9.17) is 0 Å². The monoisotopic (exact) mass is 349 g/mol. The van der Waals surface area contributed by atoms with Gasteiger partial charge in [-0.25, -0.2) is 0 Å². The van der Waals surface area contributed by atoms with E-state index in [-0.39, 0.29) is 5.91 Å². The fourth-order valence-corrected chi connectivity index (χ4v) is 3.26. The fraction of sp³-hybridized carbons (Fsp3) is 0.188. The van der Waals surface area contributed by atoms with Gasteiger partial charge >= 0.3 is 0 Å². The van der Waals surface area contributed by atoms with Crippen LogP contribution in [0.2, 0.25) is 0 Å².